The van der Waals surface area contributed by atoms with Crippen LogP contribution in [0.25, 0.3) is 0 Å². The molecular formula is C20H22F2N2O4. The Kier molecular flexibility index (Phi) is 7.74. The van der Waals surface area contributed by atoms with Gasteiger partial charge in [0.1, 0.15) is 6.04 Å². The fourth-order valence-electron chi connectivity index (χ4n) is 2.48. The van der Waals surface area contributed by atoms with Gasteiger partial charge in [0, 0.05) is 12.1 Å². The third-order valence-electron chi connectivity index (χ3n) is 3.93. The van der Waals surface area contributed by atoms with Crippen LogP contribution in [0.1, 0.15) is 22.8 Å². The average Bonchev–Trinajstić information content (AvgIpc) is 2.69. The summed E-state index contributed by atoms with van der Waals surface area (Å²) in [7, 11) is 1.36. The van der Waals surface area contributed by atoms with Gasteiger partial charge < -0.3 is 20.1 Å². The van der Waals surface area contributed by atoms with Crippen molar-refractivity contribution in [2.45, 2.75) is 26.0 Å². The van der Waals surface area contributed by atoms with E-state index in [1.807, 2.05) is 0 Å². The number of hydrogen-bond donors (Lipinski definition) is 2. The van der Waals surface area contributed by atoms with Crippen molar-refractivity contribution < 1.29 is 27.8 Å². The van der Waals surface area contributed by atoms with E-state index in [1.165, 1.54) is 13.2 Å². The highest BCUT2D eigenvalue weighted by molar-refractivity contribution is 5.97. The van der Waals surface area contributed by atoms with E-state index >= 15 is 0 Å². The fraction of sp³-hybridized carbons (Fsp3) is 0.300. The van der Waals surface area contributed by atoms with Crippen LogP contribution in [0.4, 0.5) is 8.78 Å². The second kappa shape index (κ2) is 10.2. The van der Waals surface area contributed by atoms with E-state index in [0.29, 0.717) is 18.5 Å². The van der Waals surface area contributed by atoms with E-state index < -0.39 is 12.7 Å². The first kappa shape index (κ1) is 21.1. The standard InChI is InChI=1S/C20H22F2N2O4/c1-13(24-19(26)15-6-4-3-5-7-15)18(25)23-11-10-14-8-9-16(28-20(21)22)17(12-14)27-2/h3-9,12-13,20H,10-11H2,1-2H3,(H,23,25)(H,24,26)/t13-/m0/s1. The molecule has 2 aromatic rings. The topological polar surface area (TPSA) is 76.7 Å². The number of hydrogen-bond acceptors (Lipinski definition) is 4. The zero-order chi connectivity index (χ0) is 20.5. The van der Waals surface area contributed by atoms with Gasteiger partial charge in [0.2, 0.25) is 5.91 Å². The lowest BCUT2D eigenvalue weighted by molar-refractivity contribution is -0.122. The molecule has 6 nitrogen and oxygen atoms in total. The summed E-state index contributed by atoms with van der Waals surface area (Å²) in [6.07, 6.45) is 0.455. The summed E-state index contributed by atoms with van der Waals surface area (Å²) in [5.74, 6) is -0.522. The number of methoxy groups -OCH3 is 1. The summed E-state index contributed by atoms with van der Waals surface area (Å²) in [6.45, 7) is -1.04. The Labute approximate surface area is 161 Å². The first-order chi connectivity index (χ1) is 13.4. The third-order valence-corrected chi connectivity index (χ3v) is 3.93. The molecule has 1 atom stereocenters. The second-order valence-electron chi connectivity index (χ2n) is 5.97. The SMILES string of the molecule is COc1cc(CCNC(=O)[C@H](C)NC(=O)c2ccccc2)ccc1OC(F)F. The lowest BCUT2D eigenvalue weighted by atomic mass is 10.1. The minimum Gasteiger partial charge on any atom is -0.493 e. The Morgan fingerprint density at radius 3 is 2.43 bits per heavy atom. The van der Waals surface area contributed by atoms with Gasteiger partial charge in [-0.1, -0.05) is 24.3 Å². The Hall–Kier alpha value is -3.16. The first-order valence-electron chi connectivity index (χ1n) is 8.66. The highest BCUT2D eigenvalue weighted by Crippen LogP contribution is 2.29. The van der Waals surface area contributed by atoms with E-state index in [9.17, 15) is 18.4 Å². The maximum Gasteiger partial charge on any atom is 0.387 e. The number of carbonyl (C=O) groups excluding carboxylic acids is 2. The van der Waals surface area contributed by atoms with Crippen LogP contribution in [0.15, 0.2) is 48.5 Å². The van der Waals surface area contributed by atoms with E-state index in [4.69, 9.17) is 4.74 Å². The molecule has 2 rings (SSSR count). The molecule has 0 aromatic heterocycles. The maximum absolute atomic E-state index is 12.3. The Morgan fingerprint density at radius 1 is 1.07 bits per heavy atom. The molecule has 0 saturated heterocycles. The number of benzene rings is 2. The molecular weight excluding hydrogens is 370 g/mol. The molecule has 0 spiro atoms. The van der Waals surface area contributed by atoms with Crippen LogP contribution in [0, 0.1) is 0 Å². The molecule has 28 heavy (non-hydrogen) atoms. The number of halogens is 2. The quantitative estimate of drug-likeness (QED) is 0.688. The van der Waals surface area contributed by atoms with Crippen molar-refractivity contribution >= 4 is 11.8 Å². The average molecular weight is 392 g/mol. The number of nitrogens with one attached hydrogen (secondary N) is 2. The number of rotatable bonds is 9. The second-order valence-corrected chi connectivity index (χ2v) is 5.97. The zero-order valence-electron chi connectivity index (χ0n) is 15.6. The summed E-state index contributed by atoms with van der Waals surface area (Å²) in [5, 5.41) is 5.36. The number of alkyl halides is 2. The van der Waals surface area contributed by atoms with Crippen LogP contribution in [0.3, 0.4) is 0 Å². The fourth-order valence-corrected chi connectivity index (χ4v) is 2.48. The van der Waals surface area contributed by atoms with Crippen molar-refractivity contribution in [1.82, 2.24) is 10.6 Å². The Balaban J connectivity index is 1.83. The molecule has 0 heterocycles. The largest absolute Gasteiger partial charge is 0.493 e. The summed E-state index contributed by atoms with van der Waals surface area (Å²) in [4.78, 5) is 24.2. The molecule has 0 radical (unpaired) electrons. The smallest absolute Gasteiger partial charge is 0.387 e. The lowest BCUT2D eigenvalue weighted by Crippen LogP contribution is -2.45. The van der Waals surface area contributed by atoms with Crippen LogP contribution in [-0.2, 0) is 11.2 Å². The third kappa shape index (κ3) is 6.22. The van der Waals surface area contributed by atoms with Crippen molar-refractivity contribution in [3.8, 4) is 11.5 Å². The Bertz CT molecular complexity index is 800. The lowest BCUT2D eigenvalue weighted by Gasteiger charge is -2.15. The summed E-state index contributed by atoms with van der Waals surface area (Å²) >= 11 is 0. The molecule has 2 N–H and O–H groups in total. The van der Waals surface area contributed by atoms with Gasteiger partial charge in [-0.05, 0) is 43.2 Å². The van der Waals surface area contributed by atoms with Gasteiger partial charge in [-0.15, -0.1) is 0 Å². The van der Waals surface area contributed by atoms with Gasteiger partial charge in [-0.25, -0.2) is 0 Å². The first-order valence-corrected chi connectivity index (χ1v) is 8.66. The minimum atomic E-state index is -2.94. The van der Waals surface area contributed by atoms with Gasteiger partial charge in [0.05, 0.1) is 7.11 Å². The normalized spacial score (nSPS) is 11.6. The molecule has 2 aromatic carbocycles. The molecule has 0 fully saturated rings. The molecule has 0 aliphatic rings. The van der Waals surface area contributed by atoms with Gasteiger partial charge >= 0.3 is 6.61 Å². The van der Waals surface area contributed by atoms with E-state index in [0.717, 1.165) is 5.56 Å². The molecule has 8 heteroatoms. The van der Waals surface area contributed by atoms with Gasteiger partial charge in [0.15, 0.2) is 11.5 Å². The van der Waals surface area contributed by atoms with Crippen LogP contribution >= 0.6 is 0 Å². The molecule has 2 amide bonds. The monoisotopic (exact) mass is 392 g/mol. The predicted octanol–water partition coefficient (Wildman–Crippen LogP) is 2.77. The van der Waals surface area contributed by atoms with Crippen molar-refractivity contribution in [2.24, 2.45) is 0 Å². The number of ether oxygens (including phenoxy) is 2. The van der Waals surface area contributed by atoms with Gasteiger partial charge in [-0.3, -0.25) is 9.59 Å². The molecule has 0 aliphatic heterocycles. The molecule has 0 unspecified atom stereocenters. The van der Waals surface area contributed by atoms with Crippen LogP contribution in [-0.4, -0.2) is 38.1 Å². The number of carbonyl (C=O) groups is 2. The number of amides is 2. The van der Waals surface area contributed by atoms with Crippen molar-refractivity contribution in [1.29, 1.82) is 0 Å². The van der Waals surface area contributed by atoms with Crippen LogP contribution in [0.2, 0.25) is 0 Å². The van der Waals surface area contributed by atoms with E-state index in [-0.39, 0.29) is 23.3 Å². The predicted molar refractivity (Wildman–Crippen MR) is 99.7 cm³/mol. The Morgan fingerprint density at radius 2 is 1.79 bits per heavy atom. The van der Waals surface area contributed by atoms with Crippen molar-refractivity contribution in [3.05, 3.63) is 59.7 Å². The van der Waals surface area contributed by atoms with Crippen molar-refractivity contribution in [2.75, 3.05) is 13.7 Å². The minimum absolute atomic E-state index is 0.0532. The highest BCUT2D eigenvalue weighted by atomic mass is 19.3. The molecule has 150 valence electrons. The van der Waals surface area contributed by atoms with E-state index in [2.05, 4.69) is 15.4 Å². The van der Waals surface area contributed by atoms with E-state index in [1.54, 1.807) is 49.4 Å². The zero-order valence-corrected chi connectivity index (χ0v) is 15.6. The van der Waals surface area contributed by atoms with Crippen LogP contribution in [0.5, 0.6) is 11.5 Å². The summed E-state index contributed by atoms with van der Waals surface area (Å²) < 4.78 is 34.1. The van der Waals surface area contributed by atoms with Crippen LogP contribution < -0.4 is 20.1 Å². The molecule has 0 saturated carbocycles. The van der Waals surface area contributed by atoms with Gasteiger partial charge in [-0.2, -0.15) is 8.78 Å². The summed E-state index contributed by atoms with van der Waals surface area (Å²) in [5.41, 5.74) is 1.25. The molecule has 0 aliphatic carbocycles. The highest BCUT2D eigenvalue weighted by Gasteiger charge is 2.16. The van der Waals surface area contributed by atoms with Gasteiger partial charge in [0.25, 0.3) is 5.91 Å². The van der Waals surface area contributed by atoms with Crippen molar-refractivity contribution in [3.63, 3.8) is 0 Å². The molecule has 0 bridgehead atoms. The summed E-state index contributed by atoms with van der Waals surface area (Å²) in [6, 6.07) is 12.5. The maximum atomic E-state index is 12.3.